The minimum Gasteiger partial charge on any atom is -0.399 e. The van der Waals surface area contributed by atoms with Gasteiger partial charge in [0.05, 0.1) is 5.69 Å². The van der Waals surface area contributed by atoms with Gasteiger partial charge in [-0.2, -0.15) is 0 Å². The number of carbonyl (C=O) groups excluding carboxylic acids is 1. The highest BCUT2D eigenvalue weighted by Gasteiger charge is 2.29. The van der Waals surface area contributed by atoms with E-state index in [1.165, 1.54) is 6.07 Å². The Kier molecular flexibility index (Phi) is 3.43. The highest BCUT2D eigenvalue weighted by Crippen LogP contribution is 2.30. The first-order chi connectivity index (χ1) is 10.1. The van der Waals surface area contributed by atoms with Crippen molar-refractivity contribution in [1.29, 1.82) is 0 Å². The van der Waals surface area contributed by atoms with Crippen LogP contribution in [0.3, 0.4) is 0 Å². The number of rotatable bonds is 4. The Labute approximate surface area is 121 Å². The Hall–Kier alpha value is -2.63. The van der Waals surface area contributed by atoms with E-state index in [0.29, 0.717) is 22.9 Å². The average Bonchev–Trinajstić information content (AvgIpc) is 3.27. The van der Waals surface area contributed by atoms with Gasteiger partial charge in [0.2, 0.25) is 5.91 Å². The van der Waals surface area contributed by atoms with E-state index in [2.05, 4.69) is 15.6 Å². The molecule has 2 aromatic rings. The van der Waals surface area contributed by atoms with Crippen LogP contribution in [0.15, 0.2) is 36.5 Å². The van der Waals surface area contributed by atoms with Gasteiger partial charge in [-0.3, -0.25) is 4.79 Å². The SMILES string of the molecule is Nc1ccc(Nc2ccnc(NC(=O)C3CC3)c2)c(F)c1. The zero-order chi connectivity index (χ0) is 14.8. The summed E-state index contributed by atoms with van der Waals surface area (Å²) < 4.78 is 13.7. The smallest absolute Gasteiger partial charge is 0.228 e. The quantitative estimate of drug-likeness (QED) is 0.755. The van der Waals surface area contributed by atoms with E-state index in [-0.39, 0.29) is 11.8 Å². The number of nitrogen functional groups attached to an aromatic ring is 1. The third kappa shape index (κ3) is 3.28. The third-order valence-corrected chi connectivity index (χ3v) is 3.23. The molecule has 4 N–H and O–H groups in total. The fourth-order valence-electron chi connectivity index (χ4n) is 1.94. The maximum Gasteiger partial charge on any atom is 0.228 e. The molecule has 0 saturated heterocycles. The molecule has 0 spiro atoms. The number of hydrogen-bond donors (Lipinski definition) is 3. The van der Waals surface area contributed by atoms with E-state index >= 15 is 0 Å². The molecule has 1 fully saturated rings. The van der Waals surface area contributed by atoms with Crippen LogP contribution >= 0.6 is 0 Å². The van der Waals surface area contributed by atoms with Gasteiger partial charge in [-0.05, 0) is 37.1 Å². The largest absolute Gasteiger partial charge is 0.399 e. The summed E-state index contributed by atoms with van der Waals surface area (Å²) in [4.78, 5) is 15.8. The van der Waals surface area contributed by atoms with Crippen molar-refractivity contribution in [2.24, 2.45) is 5.92 Å². The van der Waals surface area contributed by atoms with E-state index < -0.39 is 5.82 Å². The number of anilines is 4. The van der Waals surface area contributed by atoms with Crippen LogP contribution in [0.4, 0.5) is 27.3 Å². The van der Waals surface area contributed by atoms with E-state index in [1.807, 2.05) is 0 Å². The van der Waals surface area contributed by atoms with Crippen molar-refractivity contribution in [2.75, 3.05) is 16.4 Å². The van der Waals surface area contributed by atoms with Gasteiger partial charge in [-0.15, -0.1) is 0 Å². The maximum absolute atomic E-state index is 13.7. The van der Waals surface area contributed by atoms with Crippen LogP contribution in [0.2, 0.25) is 0 Å². The topological polar surface area (TPSA) is 80.0 Å². The van der Waals surface area contributed by atoms with Crippen LogP contribution in [0.5, 0.6) is 0 Å². The van der Waals surface area contributed by atoms with Crippen LogP contribution in [0.25, 0.3) is 0 Å². The number of carbonyl (C=O) groups is 1. The second kappa shape index (κ2) is 5.40. The number of nitrogens with two attached hydrogens (primary N) is 1. The van der Waals surface area contributed by atoms with Crippen molar-refractivity contribution >= 4 is 28.8 Å². The van der Waals surface area contributed by atoms with Gasteiger partial charge >= 0.3 is 0 Å². The fraction of sp³-hybridized carbons (Fsp3) is 0.200. The summed E-state index contributed by atoms with van der Waals surface area (Å²) in [5.41, 5.74) is 6.83. The number of pyridine rings is 1. The lowest BCUT2D eigenvalue weighted by atomic mass is 10.2. The van der Waals surface area contributed by atoms with Crippen molar-refractivity contribution in [3.05, 3.63) is 42.3 Å². The predicted molar refractivity (Wildman–Crippen MR) is 79.7 cm³/mol. The summed E-state index contributed by atoms with van der Waals surface area (Å²) in [5.74, 6) is 0.111. The molecule has 0 aliphatic heterocycles. The fourth-order valence-corrected chi connectivity index (χ4v) is 1.94. The molecule has 0 atom stereocenters. The monoisotopic (exact) mass is 286 g/mol. The highest BCUT2D eigenvalue weighted by molar-refractivity contribution is 5.93. The third-order valence-electron chi connectivity index (χ3n) is 3.23. The summed E-state index contributed by atoms with van der Waals surface area (Å²) in [6.45, 7) is 0. The van der Waals surface area contributed by atoms with Gasteiger partial charge < -0.3 is 16.4 Å². The van der Waals surface area contributed by atoms with E-state index in [0.717, 1.165) is 12.8 Å². The number of aromatic nitrogens is 1. The molecule has 3 rings (SSSR count). The van der Waals surface area contributed by atoms with Crippen molar-refractivity contribution in [2.45, 2.75) is 12.8 Å². The summed E-state index contributed by atoms with van der Waals surface area (Å²) in [6.07, 6.45) is 3.42. The Bertz CT molecular complexity index is 685. The van der Waals surface area contributed by atoms with Crippen molar-refractivity contribution in [3.8, 4) is 0 Å². The van der Waals surface area contributed by atoms with Gasteiger partial charge in [-0.25, -0.2) is 9.37 Å². The normalized spacial score (nSPS) is 13.8. The molecule has 1 aliphatic rings. The van der Waals surface area contributed by atoms with E-state index in [4.69, 9.17) is 5.73 Å². The lowest BCUT2D eigenvalue weighted by Gasteiger charge is -2.10. The van der Waals surface area contributed by atoms with Crippen LogP contribution in [-0.2, 0) is 4.79 Å². The summed E-state index contributed by atoms with van der Waals surface area (Å²) >= 11 is 0. The molecule has 21 heavy (non-hydrogen) atoms. The lowest BCUT2D eigenvalue weighted by Crippen LogP contribution is -2.14. The summed E-state index contributed by atoms with van der Waals surface area (Å²) in [7, 11) is 0. The van der Waals surface area contributed by atoms with Crippen molar-refractivity contribution in [3.63, 3.8) is 0 Å². The summed E-state index contributed by atoms with van der Waals surface area (Å²) in [6, 6.07) is 7.79. The van der Waals surface area contributed by atoms with E-state index in [1.54, 1.807) is 30.5 Å². The number of nitrogens with one attached hydrogen (secondary N) is 2. The molecular formula is C15H15FN4O. The van der Waals surface area contributed by atoms with Gasteiger partial charge in [-0.1, -0.05) is 0 Å². The molecule has 6 heteroatoms. The first-order valence-electron chi connectivity index (χ1n) is 6.71. The minimum absolute atomic E-state index is 0.0154. The Morgan fingerprint density at radius 1 is 1.29 bits per heavy atom. The molecule has 1 heterocycles. The minimum atomic E-state index is -0.435. The molecule has 0 radical (unpaired) electrons. The molecule has 1 aromatic heterocycles. The number of halogens is 1. The molecule has 108 valence electrons. The van der Waals surface area contributed by atoms with Crippen LogP contribution < -0.4 is 16.4 Å². The predicted octanol–water partition coefficient (Wildman–Crippen LogP) is 2.90. The lowest BCUT2D eigenvalue weighted by molar-refractivity contribution is -0.117. The second-order valence-electron chi connectivity index (χ2n) is 5.06. The Balaban J connectivity index is 1.74. The number of nitrogens with zero attached hydrogens (tertiary/aromatic N) is 1. The first-order valence-corrected chi connectivity index (χ1v) is 6.71. The second-order valence-corrected chi connectivity index (χ2v) is 5.06. The molecular weight excluding hydrogens is 271 g/mol. The van der Waals surface area contributed by atoms with Crippen molar-refractivity contribution < 1.29 is 9.18 Å². The first kappa shape index (κ1) is 13.4. The molecule has 5 nitrogen and oxygen atoms in total. The average molecular weight is 286 g/mol. The Morgan fingerprint density at radius 3 is 2.81 bits per heavy atom. The van der Waals surface area contributed by atoms with E-state index in [9.17, 15) is 9.18 Å². The van der Waals surface area contributed by atoms with Crippen LogP contribution in [-0.4, -0.2) is 10.9 Å². The van der Waals surface area contributed by atoms with Gasteiger partial charge in [0.15, 0.2) is 0 Å². The standard InChI is InChI=1S/C15H15FN4O/c16-12-7-10(17)3-4-13(12)19-11-5-6-18-14(8-11)20-15(21)9-1-2-9/h3-9H,1-2,17H2,(H2,18,19,20,21). The zero-order valence-corrected chi connectivity index (χ0v) is 11.3. The van der Waals surface area contributed by atoms with Gasteiger partial charge in [0.1, 0.15) is 11.6 Å². The molecule has 0 unspecified atom stereocenters. The number of hydrogen-bond acceptors (Lipinski definition) is 4. The molecule has 0 bridgehead atoms. The van der Waals surface area contributed by atoms with Gasteiger partial charge in [0.25, 0.3) is 0 Å². The molecule has 1 aliphatic carbocycles. The van der Waals surface area contributed by atoms with Gasteiger partial charge in [0, 0.05) is 29.6 Å². The van der Waals surface area contributed by atoms with Crippen LogP contribution in [0.1, 0.15) is 12.8 Å². The highest BCUT2D eigenvalue weighted by atomic mass is 19.1. The Morgan fingerprint density at radius 2 is 2.10 bits per heavy atom. The zero-order valence-electron chi connectivity index (χ0n) is 11.3. The van der Waals surface area contributed by atoms with Crippen molar-refractivity contribution in [1.82, 2.24) is 4.98 Å². The number of amides is 1. The number of benzene rings is 1. The maximum atomic E-state index is 13.7. The summed E-state index contributed by atoms with van der Waals surface area (Å²) in [5, 5.41) is 5.69. The molecule has 1 saturated carbocycles. The molecule has 1 amide bonds. The molecule has 1 aromatic carbocycles. The van der Waals surface area contributed by atoms with Crippen LogP contribution in [0, 0.1) is 11.7 Å².